The molecule has 1 saturated heterocycles. The molecule has 0 spiro atoms. The van der Waals surface area contributed by atoms with Gasteiger partial charge in [0.2, 0.25) is 0 Å². The number of nitrogens with one attached hydrogen (secondary N) is 1. The molecule has 0 aromatic carbocycles. The Morgan fingerprint density at radius 3 is 2.69 bits per heavy atom. The molecule has 1 atom stereocenters. The molecule has 0 amide bonds. The third-order valence-electron chi connectivity index (χ3n) is 3.50. The molecule has 1 N–H and O–H groups in total. The third-order valence-corrected chi connectivity index (χ3v) is 3.50. The van der Waals surface area contributed by atoms with Crippen molar-refractivity contribution in [1.82, 2.24) is 15.1 Å². The fraction of sp³-hybridized carbons (Fsp3) is 1.00. The summed E-state index contributed by atoms with van der Waals surface area (Å²) in [5.74, 6) is 0.810. The highest BCUT2D eigenvalue weighted by molar-refractivity contribution is 4.81. The maximum absolute atomic E-state index is 3.52. The molecule has 0 aliphatic carbocycles. The van der Waals surface area contributed by atoms with E-state index in [-0.39, 0.29) is 0 Å². The van der Waals surface area contributed by atoms with Crippen LogP contribution in [0, 0.1) is 5.92 Å². The molecular weight excluding hydrogens is 198 g/mol. The lowest BCUT2D eigenvalue weighted by Crippen LogP contribution is -2.39. The Morgan fingerprint density at radius 2 is 2.06 bits per heavy atom. The fourth-order valence-electron chi connectivity index (χ4n) is 2.53. The molecule has 96 valence electrons. The quantitative estimate of drug-likeness (QED) is 0.661. The number of likely N-dealkylation sites (tertiary alicyclic amines) is 1. The van der Waals surface area contributed by atoms with E-state index in [2.05, 4.69) is 43.1 Å². The molecule has 1 fully saturated rings. The van der Waals surface area contributed by atoms with E-state index < -0.39 is 0 Å². The zero-order chi connectivity index (χ0) is 12.0. The Kier molecular flexibility index (Phi) is 6.32. The van der Waals surface area contributed by atoms with Crippen molar-refractivity contribution in [3.63, 3.8) is 0 Å². The number of hydrogen-bond acceptors (Lipinski definition) is 3. The van der Waals surface area contributed by atoms with Gasteiger partial charge in [0.05, 0.1) is 0 Å². The summed E-state index contributed by atoms with van der Waals surface area (Å²) in [7, 11) is 4.24. The Bertz CT molecular complexity index is 180. The molecule has 16 heavy (non-hydrogen) atoms. The van der Waals surface area contributed by atoms with E-state index in [4.69, 9.17) is 0 Å². The molecule has 0 radical (unpaired) electrons. The normalized spacial score (nSPS) is 22.5. The highest BCUT2D eigenvalue weighted by atomic mass is 15.2. The van der Waals surface area contributed by atoms with Gasteiger partial charge in [-0.15, -0.1) is 0 Å². The van der Waals surface area contributed by atoms with Crippen molar-refractivity contribution in [2.45, 2.75) is 32.7 Å². The van der Waals surface area contributed by atoms with Gasteiger partial charge in [0, 0.05) is 32.2 Å². The van der Waals surface area contributed by atoms with E-state index in [1.54, 1.807) is 0 Å². The van der Waals surface area contributed by atoms with Gasteiger partial charge in [-0.05, 0) is 39.4 Å². The van der Waals surface area contributed by atoms with Gasteiger partial charge < -0.3 is 10.2 Å². The number of hydrogen-bond donors (Lipinski definition) is 1. The molecule has 1 unspecified atom stereocenters. The minimum Gasteiger partial charge on any atom is -0.314 e. The Balaban J connectivity index is 2.08. The van der Waals surface area contributed by atoms with Crippen LogP contribution in [0.1, 0.15) is 26.7 Å². The number of rotatable bonds is 7. The van der Waals surface area contributed by atoms with Crippen molar-refractivity contribution in [3.8, 4) is 0 Å². The lowest BCUT2D eigenvalue weighted by Gasteiger charge is -2.27. The summed E-state index contributed by atoms with van der Waals surface area (Å²) < 4.78 is 0. The van der Waals surface area contributed by atoms with Gasteiger partial charge in [0.1, 0.15) is 0 Å². The maximum Gasteiger partial charge on any atom is 0.0119 e. The summed E-state index contributed by atoms with van der Waals surface area (Å²) in [6, 6.07) is 0.829. The van der Waals surface area contributed by atoms with Crippen LogP contribution in [-0.4, -0.2) is 62.7 Å². The van der Waals surface area contributed by atoms with Crippen LogP contribution in [0.2, 0.25) is 0 Å². The fourth-order valence-corrected chi connectivity index (χ4v) is 2.53. The van der Waals surface area contributed by atoms with Crippen LogP contribution in [0.15, 0.2) is 0 Å². The van der Waals surface area contributed by atoms with E-state index in [0.717, 1.165) is 31.6 Å². The smallest absolute Gasteiger partial charge is 0.0119 e. The van der Waals surface area contributed by atoms with Crippen LogP contribution >= 0.6 is 0 Å². The van der Waals surface area contributed by atoms with Gasteiger partial charge in [-0.1, -0.05) is 13.8 Å². The minimum atomic E-state index is 0.810. The average molecular weight is 227 g/mol. The molecular formula is C13H29N3. The van der Waals surface area contributed by atoms with E-state index >= 15 is 0 Å². The Labute approximate surface area is 101 Å². The second kappa shape index (κ2) is 7.25. The second-order valence-electron chi connectivity index (χ2n) is 5.54. The van der Waals surface area contributed by atoms with Crippen LogP contribution in [-0.2, 0) is 0 Å². The van der Waals surface area contributed by atoms with Crippen LogP contribution in [0.5, 0.6) is 0 Å². The molecule has 1 aliphatic heterocycles. The van der Waals surface area contributed by atoms with Crippen molar-refractivity contribution in [1.29, 1.82) is 0 Å². The van der Waals surface area contributed by atoms with Gasteiger partial charge >= 0.3 is 0 Å². The van der Waals surface area contributed by atoms with Gasteiger partial charge in [-0.3, -0.25) is 4.90 Å². The summed E-state index contributed by atoms with van der Waals surface area (Å²) in [4.78, 5) is 4.88. The first-order valence-corrected chi connectivity index (χ1v) is 6.70. The van der Waals surface area contributed by atoms with Gasteiger partial charge in [0.15, 0.2) is 0 Å². The van der Waals surface area contributed by atoms with E-state index in [1.165, 1.54) is 25.9 Å². The molecule has 3 heteroatoms. The molecule has 0 saturated carbocycles. The zero-order valence-corrected chi connectivity index (χ0v) is 11.5. The maximum atomic E-state index is 3.52. The number of likely N-dealkylation sites (N-methyl/N-ethyl adjacent to an activating group) is 1. The first-order valence-electron chi connectivity index (χ1n) is 6.70. The molecule has 0 bridgehead atoms. The minimum absolute atomic E-state index is 0.810. The zero-order valence-electron chi connectivity index (χ0n) is 11.5. The average Bonchev–Trinajstić information content (AvgIpc) is 2.65. The largest absolute Gasteiger partial charge is 0.314 e. The predicted octanol–water partition coefficient (Wildman–Crippen LogP) is 1.26. The molecule has 1 aliphatic rings. The summed E-state index contributed by atoms with van der Waals surface area (Å²) >= 11 is 0. The first kappa shape index (κ1) is 13.9. The summed E-state index contributed by atoms with van der Waals surface area (Å²) in [5.41, 5.74) is 0. The van der Waals surface area contributed by atoms with Crippen molar-refractivity contribution < 1.29 is 0 Å². The van der Waals surface area contributed by atoms with Gasteiger partial charge in [-0.25, -0.2) is 0 Å². The summed E-state index contributed by atoms with van der Waals surface area (Å²) in [6.07, 6.45) is 2.79. The highest BCUT2D eigenvalue weighted by Gasteiger charge is 2.25. The molecule has 3 nitrogen and oxygen atoms in total. The SMILES string of the molecule is CC(C)C1CCCN1CCNCCN(C)C. The number of nitrogens with zero attached hydrogens (tertiary/aromatic N) is 2. The van der Waals surface area contributed by atoms with Crippen molar-refractivity contribution in [2.24, 2.45) is 5.92 Å². The second-order valence-corrected chi connectivity index (χ2v) is 5.54. The molecule has 1 rings (SSSR count). The van der Waals surface area contributed by atoms with Gasteiger partial charge in [0.25, 0.3) is 0 Å². The lowest BCUT2D eigenvalue weighted by atomic mass is 10.0. The first-order chi connectivity index (χ1) is 7.61. The Hall–Kier alpha value is -0.120. The standard InChI is InChI=1S/C13H29N3/c1-12(2)13-6-5-9-16(13)11-8-14-7-10-15(3)4/h12-14H,5-11H2,1-4H3. The summed E-state index contributed by atoms with van der Waals surface area (Å²) in [5, 5.41) is 3.52. The predicted molar refractivity (Wildman–Crippen MR) is 70.9 cm³/mol. The Morgan fingerprint density at radius 1 is 1.31 bits per heavy atom. The van der Waals surface area contributed by atoms with Gasteiger partial charge in [-0.2, -0.15) is 0 Å². The van der Waals surface area contributed by atoms with E-state index in [0.29, 0.717) is 0 Å². The van der Waals surface area contributed by atoms with Crippen LogP contribution in [0.3, 0.4) is 0 Å². The molecule has 0 aromatic heterocycles. The van der Waals surface area contributed by atoms with Crippen molar-refractivity contribution in [2.75, 3.05) is 46.8 Å². The van der Waals surface area contributed by atoms with Crippen LogP contribution in [0.4, 0.5) is 0 Å². The third kappa shape index (κ3) is 4.81. The van der Waals surface area contributed by atoms with Crippen molar-refractivity contribution >= 4 is 0 Å². The summed E-state index contributed by atoms with van der Waals surface area (Å²) in [6.45, 7) is 10.6. The van der Waals surface area contributed by atoms with Crippen LogP contribution < -0.4 is 5.32 Å². The van der Waals surface area contributed by atoms with Crippen LogP contribution in [0.25, 0.3) is 0 Å². The van der Waals surface area contributed by atoms with E-state index in [9.17, 15) is 0 Å². The molecule has 1 heterocycles. The highest BCUT2D eigenvalue weighted by Crippen LogP contribution is 2.22. The molecule has 0 aromatic rings. The van der Waals surface area contributed by atoms with Crippen molar-refractivity contribution in [3.05, 3.63) is 0 Å². The lowest BCUT2D eigenvalue weighted by molar-refractivity contribution is 0.206. The monoisotopic (exact) mass is 227 g/mol. The van der Waals surface area contributed by atoms with E-state index in [1.807, 2.05) is 0 Å². The topological polar surface area (TPSA) is 18.5 Å².